The Kier molecular flexibility index (Phi) is 4.55. The maximum atomic E-state index is 12.9. The van der Waals surface area contributed by atoms with Gasteiger partial charge in [0.25, 0.3) is 0 Å². The van der Waals surface area contributed by atoms with Crippen molar-refractivity contribution in [3.8, 4) is 0 Å². The van der Waals surface area contributed by atoms with Gasteiger partial charge in [-0.15, -0.1) is 0 Å². The van der Waals surface area contributed by atoms with E-state index in [-0.39, 0.29) is 11.9 Å². The summed E-state index contributed by atoms with van der Waals surface area (Å²) in [5.74, 6) is -0.609. The molecule has 2 aliphatic rings. The minimum Gasteiger partial charge on any atom is -0.347 e. The van der Waals surface area contributed by atoms with E-state index in [0.29, 0.717) is 26.2 Å². The molecule has 2 saturated heterocycles. The molecular weight excluding hydrogens is 314 g/mol. The summed E-state index contributed by atoms with van der Waals surface area (Å²) in [4.78, 5) is 14.9. The Hall–Kier alpha value is -2.17. The molecule has 0 N–H and O–H groups in total. The number of benzene rings is 2. The number of ether oxygens (including phenoxy) is 2. The van der Waals surface area contributed by atoms with Crippen molar-refractivity contribution in [1.82, 2.24) is 4.90 Å². The van der Waals surface area contributed by atoms with Crippen molar-refractivity contribution in [2.24, 2.45) is 0 Å². The van der Waals surface area contributed by atoms with Crippen LogP contribution in [-0.2, 0) is 27.2 Å². The second-order valence-electron chi connectivity index (χ2n) is 6.84. The normalized spacial score (nSPS) is 22.5. The minimum atomic E-state index is -0.719. The second-order valence-corrected chi connectivity index (χ2v) is 6.84. The van der Waals surface area contributed by atoms with Crippen molar-refractivity contribution in [3.05, 3.63) is 71.8 Å². The number of carbonyl (C=O) groups is 1. The predicted molar refractivity (Wildman–Crippen MR) is 94.8 cm³/mol. The van der Waals surface area contributed by atoms with Gasteiger partial charge in [0.05, 0.1) is 19.6 Å². The van der Waals surface area contributed by atoms with E-state index in [4.69, 9.17) is 9.47 Å². The lowest BCUT2D eigenvalue weighted by Gasteiger charge is -2.43. The quantitative estimate of drug-likeness (QED) is 0.860. The molecule has 2 aromatic rings. The average molecular weight is 337 g/mol. The number of hydrogen-bond acceptors (Lipinski definition) is 3. The number of amides is 1. The van der Waals surface area contributed by atoms with Crippen LogP contribution in [0.4, 0.5) is 0 Å². The summed E-state index contributed by atoms with van der Waals surface area (Å²) in [5.41, 5.74) is 2.38. The molecule has 1 spiro atoms. The number of nitrogens with zero attached hydrogens (tertiary/aromatic N) is 1. The number of piperidine rings is 1. The topological polar surface area (TPSA) is 38.8 Å². The molecule has 0 aromatic heterocycles. The summed E-state index contributed by atoms with van der Waals surface area (Å²) in [5, 5.41) is 0. The van der Waals surface area contributed by atoms with Gasteiger partial charge in [-0.2, -0.15) is 0 Å². The molecule has 4 heteroatoms. The molecule has 1 atom stereocenters. The summed E-state index contributed by atoms with van der Waals surface area (Å²) in [6.45, 7) is 1.78. The van der Waals surface area contributed by atoms with Gasteiger partial charge in [-0.1, -0.05) is 60.7 Å². The van der Waals surface area contributed by atoms with E-state index in [9.17, 15) is 4.79 Å². The van der Waals surface area contributed by atoms with E-state index < -0.39 is 5.79 Å². The first-order valence-corrected chi connectivity index (χ1v) is 8.89. The van der Waals surface area contributed by atoms with E-state index in [1.165, 1.54) is 5.56 Å². The van der Waals surface area contributed by atoms with E-state index in [1.54, 1.807) is 0 Å². The lowest BCUT2D eigenvalue weighted by Crippen LogP contribution is -2.54. The molecule has 4 rings (SSSR count). The van der Waals surface area contributed by atoms with Crippen LogP contribution in [-0.4, -0.2) is 35.8 Å². The molecule has 0 bridgehead atoms. The van der Waals surface area contributed by atoms with Crippen LogP contribution in [0.1, 0.15) is 24.0 Å². The van der Waals surface area contributed by atoms with Crippen LogP contribution >= 0.6 is 0 Å². The van der Waals surface area contributed by atoms with Crippen molar-refractivity contribution in [2.45, 2.75) is 37.6 Å². The Balaban J connectivity index is 1.59. The van der Waals surface area contributed by atoms with Gasteiger partial charge in [0.2, 0.25) is 5.91 Å². The summed E-state index contributed by atoms with van der Waals surface area (Å²) < 4.78 is 11.7. The molecule has 2 fully saturated rings. The monoisotopic (exact) mass is 337 g/mol. The highest BCUT2D eigenvalue weighted by molar-refractivity contribution is 5.78. The third-order valence-corrected chi connectivity index (χ3v) is 5.05. The molecule has 4 nitrogen and oxygen atoms in total. The van der Waals surface area contributed by atoms with Crippen molar-refractivity contribution in [1.29, 1.82) is 0 Å². The lowest BCUT2D eigenvalue weighted by atomic mass is 9.90. The fraction of sp³-hybridized carbons (Fsp3) is 0.381. The third-order valence-electron chi connectivity index (χ3n) is 5.05. The van der Waals surface area contributed by atoms with Crippen LogP contribution in [0.25, 0.3) is 0 Å². The van der Waals surface area contributed by atoms with Crippen molar-refractivity contribution < 1.29 is 14.3 Å². The maximum absolute atomic E-state index is 12.9. The third kappa shape index (κ3) is 3.60. The van der Waals surface area contributed by atoms with E-state index in [0.717, 1.165) is 18.4 Å². The molecule has 2 aliphatic heterocycles. The highest BCUT2D eigenvalue weighted by Gasteiger charge is 2.47. The molecular formula is C21H23NO3. The van der Waals surface area contributed by atoms with Gasteiger partial charge >= 0.3 is 0 Å². The number of carbonyl (C=O) groups excluding carboxylic acids is 1. The summed E-state index contributed by atoms with van der Waals surface area (Å²) in [7, 11) is 0. The van der Waals surface area contributed by atoms with Crippen LogP contribution in [0.2, 0.25) is 0 Å². The molecule has 0 aliphatic carbocycles. The smallest absolute Gasteiger partial charge is 0.228 e. The first-order valence-electron chi connectivity index (χ1n) is 8.89. The molecule has 25 heavy (non-hydrogen) atoms. The Labute approximate surface area is 148 Å². The Morgan fingerprint density at radius 1 is 0.920 bits per heavy atom. The second kappa shape index (κ2) is 6.98. The van der Waals surface area contributed by atoms with Gasteiger partial charge in [0.15, 0.2) is 5.79 Å². The van der Waals surface area contributed by atoms with Gasteiger partial charge in [-0.3, -0.25) is 4.79 Å². The highest BCUT2D eigenvalue weighted by atomic mass is 16.7. The predicted octanol–water partition coefficient (Wildman–Crippen LogP) is 3.16. The summed E-state index contributed by atoms with van der Waals surface area (Å²) in [6.07, 6.45) is 1.85. The SMILES string of the molecule is O=C1CC2(C[C@@H](Cc3ccccc3)N1Cc1ccccc1)OCCO2. The zero-order valence-corrected chi connectivity index (χ0v) is 14.3. The fourth-order valence-corrected chi connectivity index (χ4v) is 3.86. The minimum absolute atomic E-state index is 0.0713. The number of hydrogen-bond donors (Lipinski definition) is 0. The average Bonchev–Trinajstić information content (AvgIpc) is 3.07. The summed E-state index contributed by atoms with van der Waals surface area (Å²) >= 11 is 0. The Bertz CT molecular complexity index is 710. The largest absolute Gasteiger partial charge is 0.347 e. The highest BCUT2D eigenvalue weighted by Crippen LogP contribution is 2.37. The Morgan fingerprint density at radius 2 is 1.52 bits per heavy atom. The molecule has 0 radical (unpaired) electrons. The molecule has 2 heterocycles. The lowest BCUT2D eigenvalue weighted by molar-refractivity contribution is -0.202. The first kappa shape index (κ1) is 16.3. The maximum Gasteiger partial charge on any atom is 0.228 e. The van der Waals surface area contributed by atoms with Crippen LogP contribution in [0.15, 0.2) is 60.7 Å². The van der Waals surface area contributed by atoms with Crippen molar-refractivity contribution in [2.75, 3.05) is 13.2 Å². The molecule has 0 saturated carbocycles. The van der Waals surface area contributed by atoms with Crippen LogP contribution in [0, 0.1) is 0 Å². The zero-order chi connectivity index (χ0) is 17.1. The van der Waals surface area contributed by atoms with Crippen LogP contribution in [0.5, 0.6) is 0 Å². The van der Waals surface area contributed by atoms with Crippen molar-refractivity contribution in [3.63, 3.8) is 0 Å². The van der Waals surface area contributed by atoms with Crippen LogP contribution in [0.3, 0.4) is 0 Å². The van der Waals surface area contributed by atoms with Gasteiger partial charge < -0.3 is 14.4 Å². The summed E-state index contributed by atoms with van der Waals surface area (Å²) in [6, 6.07) is 20.6. The first-order chi connectivity index (χ1) is 12.2. The molecule has 0 unspecified atom stereocenters. The van der Waals surface area contributed by atoms with Crippen molar-refractivity contribution >= 4 is 5.91 Å². The van der Waals surface area contributed by atoms with Gasteiger partial charge in [-0.05, 0) is 17.5 Å². The fourth-order valence-electron chi connectivity index (χ4n) is 3.86. The van der Waals surface area contributed by atoms with E-state index in [1.807, 2.05) is 41.3 Å². The molecule has 2 aromatic carbocycles. The van der Waals surface area contributed by atoms with E-state index in [2.05, 4.69) is 24.3 Å². The molecule has 130 valence electrons. The number of likely N-dealkylation sites (tertiary alicyclic amines) is 1. The number of rotatable bonds is 4. The Morgan fingerprint density at radius 3 is 2.16 bits per heavy atom. The van der Waals surface area contributed by atoms with Crippen LogP contribution < -0.4 is 0 Å². The zero-order valence-electron chi connectivity index (χ0n) is 14.3. The van der Waals surface area contributed by atoms with E-state index >= 15 is 0 Å². The van der Waals surface area contributed by atoms with Gasteiger partial charge in [0, 0.05) is 19.0 Å². The standard InChI is InChI=1S/C21H23NO3/c23-20-15-21(24-11-12-25-21)14-19(13-17-7-3-1-4-8-17)22(20)16-18-9-5-2-6-10-18/h1-10,19H,11-16H2/t19-/m1/s1. The van der Waals surface area contributed by atoms with Gasteiger partial charge in [0.1, 0.15) is 0 Å². The van der Waals surface area contributed by atoms with Gasteiger partial charge in [-0.25, -0.2) is 0 Å². The molecule has 1 amide bonds.